The summed E-state index contributed by atoms with van der Waals surface area (Å²) in [4.78, 5) is 26.0. The Morgan fingerprint density at radius 2 is 1.78 bits per heavy atom. The Bertz CT molecular complexity index is 1310. The minimum Gasteiger partial charge on any atom is -0.497 e. The van der Waals surface area contributed by atoms with Gasteiger partial charge in [-0.15, -0.1) is 0 Å². The molecule has 1 saturated carbocycles. The summed E-state index contributed by atoms with van der Waals surface area (Å²) in [6.07, 6.45) is 1.93. The van der Waals surface area contributed by atoms with E-state index in [1.54, 1.807) is 74.7 Å². The Labute approximate surface area is 215 Å². The fourth-order valence-corrected chi connectivity index (χ4v) is 4.18. The van der Waals surface area contributed by atoms with Crippen LogP contribution in [-0.2, 0) is 16.6 Å². The Morgan fingerprint density at radius 1 is 1.08 bits per heavy atom. The maximum atomic E-state index is 14.2. The molecule has 3 amide bonds. The lowest BCUT2D eigenvalue weighted by Gasteiger charge is -2.22. The zero-order valence-electron chi connectivity index (χ0n) is 20.8. The zero-order valence-corrected chi connectivity index (χ0v) is 20.8. The number of carbonyl (C=O) groups is 2. The van der Waals surface area contributed by atoms with Crippen molar-refractivity contribution in [2.45, 2.75) is 37.6 Å². The number of hydrogen-bond acceptors (Lipinski definition) is 4. The highest BCUT2D eigenvalue weighted by molar-refractivity contribution is 5.94. The van der Waals surface area contributed by atoms with Gasteiger partial charge in [0.1, 0.15) is 17.6 Å². The number of rotatable bonds is 9. The summed E-state index contributed by atoms with van der Waals surface area (Å²) >= 11 is 0. The van der Waals surface area contributed by atoms with Crippen molar-refractivity contribution in [1.29, 1.82) is 5.26 Å². The van der Waals surface area contributed by atoms with Crippen LogP contribution in [0.4, 0.5) is 14.9 Å². The number of hydrogen-bond donors (Lipinski definition) is 3. The van der Waals surface area contributed by atoms with E-state index >= 15 is 0 Å². The molecule has 0 aliphatic heterocycles. The molecule has 0 spiro atoms. The number of methoxy groups -OCH3 is 1. The number of amides is 3. The van der Waals surface area contributed by atoms with E-state index in [1.807, 2.05) is 6.07 Å². The molecule has 190 valence electrons. The molecular formula is C29H29FN4O3. The second kappa shape index (κ2) is 11.1. The molecule has 1 aliphatic rings. The van der Waals surface area contributed by atoms with Crippen LogP contribution in [0.5, 0.6) is 5.75 Å². The van der Waals surface area contributed by atoms with Crippen LogP contribution < -0.4 is 20.7 Å². The number of ether oxygens (including phenoxy) is 1. The summed E-state index contributed by atoms with van der Waals surface area (Å²) in [5.74, 6) is 0.0604. The van der Waals surface area contributed by atoms with Crippen molar-refractivity contribution in [3.63, 3.8) is 0 Å². The first kappa shape index (κ1) is 25.7. The van der Waals surface area contributed by atoms with E-state index in [0.717, 1.165) is 24.0 Å². The minimum atomic E-state index is -0.864. The van der Waals surface area contributed by atoms with Gasteiger partial charge >= 0.3 is 6.03 Å². The number of halogens is 1. The lowest BCUT2D eigenvalue weighted by Crippen LogP contribution is -2.50. The summed E-state index contributed by atoms with van der Waals surface area (Å²) in [5, 5.41) is 17.5. The molecule has 1 fully saturated rings. The first-order chi connectivity index (χ1) is 17.8. The van der Waals surface area contributed by atoms with Crippen molar-refractivity contribution >= 4 is 17.6 Å². The van der Waals surface area contributed by atoms with E-state index in [1.165, 1.54) is 0 Å². The van der Waals surface area contributed by atoms with Gasteiger partial charge in [-0.05, 0) is 78.9 Å². The van der Waals surface area contributed by atoms with Crippen molar-refractivity contribution in [3.8, 4) is 11.8 Å². The van der Waals surface area contributed by atoms with Crippen LogP contribution in [-0.4, -0.2) is 31.6 Å². The summed E-state index contributed by atoms with van der Waals surface area (Å²) in [6.45, 7) is 2.07. The fourth-order valence-electron chi connectivity index (χ4n) is 4.18. The monoisotopic (exact) mass is 500 g/mol. The number of nitriles is 1. The maximum Gasteiger partial charge on any atom is 0.319 e. The molecular weight excluding hydrogens is 471 g/mol. The molecule has 7 nitrogen and oxygen atoms in total. The fraction of sp³-hybridized carbons (Fsp3) is 0.276. The van der Waals surface area contributed by atoms with Crippen molar-refractivity contribution in [2.24, 2.45) is 0 Å². The van der Waals surface area contributed by atoms with Crippen molar-refractivity contribution < 1.29 is 18.7 Å². The molecule has 0 saturated heterocycles. The second-order valence-electron chi connectivity index (χ2n) is 9.35. The molecule has 0 radical (unpaired) electrons. The smallest absolute Gasteiger partial charge is 0.319 e. The predicted molar refractivity (Wildman–Crippen MR) is 139 cm³/mol. The van der Waals surface area contributed by atoms with Crippen LogP contribution in [0.2, 0.25) is 0 Å². The number of nitrogens with zero attached hydrogens (tertiary/aromatic N) is 1. The van der Waals surface area contributed by atoms with E-state index < -0.39 is 12.1 Å². The van der Waals surface area contributed by atoms with Gasteiger partial charge in [-0.1, -0.05) is 24.3 Å². The van der Waals surface area contributed by atoms with E-state index in [0.29, 0.717) is 29.1 Å². The van der Waals surface area contributed by atoms with Crippen molar-refractivity contribution in [2.75, 3.05) is 19.0 Å². The molecule has 0 bridgehead atoms. The largest absolute Gasteiger partial charge is 0.497 e. The third-order valence-electron chi connectivity index (χ3n) is 6.73. The molecule has 8 heteroatoms. The molecule has 3 N–H and O–H groups in total. The van der Waals surface area contributed by atoms with Crippen molar-refractivity contribution in [3.05, 3.63) is 94.8 Å². The standard InChI is InChI=1S/C29H29FN4O3/c1-19-3-8-22(16-25(19)30)29(13-14-29)18-32-27(35)26(15-20-4-6-21(17-31)7-5-20)34-28(36)33-23-9-11-24(37-2)12-10-23/h3-12,16,26H,13-15,18H2,1-2H3,(H,32,35)(H2,33,34,36)/t26-/m1/s1. The minimum absolute atomic E-state index is 0.236. The molecule has 1 atom stereocenters. The summed E-state index contributed by atoms with van der Waals surface area (Å²) in [7, 11) is 1.56. The van der Waals surface area contributed by atoms with Crippen LogP contribution >= 0.6 is 0 Å². The van der Waals surface area contributed by atoms with Crippen LogP contribution in [0.1, 0.15) is 35.1 Å². The lowest BCUT2D eigenvalue weighted by molar-refractivity contribution is -0.123. The van der Waals surface area contributed by atoms with Crippen molar-refractivity contribution in [1.82, 2.24) is 10.6 Å². The van der Waals surface area contributed by atoms with Gasteiger partial charge in [0.15, 0.2) is 0 Å². The molecule has 1 aliphatic carbocycles. The Kier molecular flexibility index (Phi) is 7.73. The predicted octanol–water partition coefficient (Wildman–Crippen LogP) is 4.60. The zero-order chi connectivity index (χ0) is 26.4. The molecule has 0 heterocycles. The van der Waals surface area contributed by atoms with Crippen LogP contribution in [0.3, 0.4) is 0 Å². The van der Waals surface area contributed by atoms with Gasteiger partial charge < -0.3 is 20.7 Å². The first-order valence-corrected chi connectivity index (χ1v) is 12.1. The summed E-state index contributed by atoms with van der Waals surface area (Å²) in [5.41, 5.74) is 3.01. The number of benzene rings is 3. The van der Waals surface area contributed by atoms with Crippen LogP contribution in [0, 0.1) is 24.1 Å². The Hall–Kier alpha value is -4.38. The highest BCUT2D eigenvalue weighted by Gasteiger charge is 2.45. The van der Waals surface area contributed by atoms with Gasteiger partial charge in [0.05, 0.1) is 18.7 Å². The van der Waals surface area contributed by atoms with E-state index in [2.05, 4.69) is 22.0 Å². The number of nitrogens with one attached hydrogen (secondary N) is 3. The highest BCUT2D eigenvalue weighted by atomic mass is 19.1. The quantitative estimate of drug-likeness (QED) is 0.400. The molecule has 0 aromatic heterocycles. The van der Waals surface area contributed by atoms with E-state index in [-0.39, 0.29) is 23.6 Å². The SMILES string of the molecule is COc1ccc(NC(=O)N[C@H](Cc2ccc(C#N)cc2)C(=O)NCC2(c3ccc(C)c(F)c3)CC2)cc1. The third-order valence-corrected chi connectivity index (χ3v) is 6.73. The van der Waals surface area contributed by atoms with Gasteiger partial charge in [-0.2, -0.15) is 5.26 Å². The Morgan fingerprint density at radius 3 is 2.38 bits per heavy atom. The Balaban J connectivity index is 1.45. The van der Waals surface area contributed by atoms with E-state index in [4.69, 9.17) is 10.00 Å². The summed E-state index contributed by atoms with van der Waals surface area (Å²) in [6, 6.07) is 19.6. The molecule has 3 aromatic rings. The van der Waals surface area contributed by atoms with Crippen LogP contribution in [0.25, 0.3) is 0 Å². The average molecular weight is 501 g/mol. The van der Waals surface area contributed by atoms with E-state index in [9.17, 15) is 14.0 Å². The molecule has 37 heavy (non-hydrogen) atoms. The average Bonchev–Trinajstić information content (AvgIpc) is 3.70. The molecule has 3 aromatic carbocycles. The lowest BCUT2D eigenvalue weighted by atomic mass is 9.94. The van der Waals surface area contributed by atoms with Gasteiger partial charge in [-0.25, -0.2) is 9.18 Å². The van der Waals surface area contributed by atoms with Gasteiger partial charge in [0, 0.05) is 24.1 Å². The van der Waals surface area contributed by atoms with Gasteiger partial charge in [0.25, 0.3) is 0 Å². The summed E-state index contributed by atoms with van der Waals surface area (Å²) < 4.78 is 19.3. The normalized spacial score (nSPS) is 14.1. The number of anilines is 1. The number of urea groups is 1. The van der Waals surface area contributed by atoms with Gasteiger partial charge in [-0.3, -0.25) is 4.79 Å². The number of carbonyl (C=O) groups excluding carboxylic acids is 2. The molecule has 0 unspecified atom stereocenters. The first-order valence-electron chi connectivity index (χ1n) is 12.1. The maximum absolute atomic E-state index is 14.2. The molecule has 4 rings (SSSR count). The van der Waals surface area contributed by atoms with Crippen LogP contribution in [0.15, 0.2) is 66.7 Å². The van der Waals surface area contributed by atoms with Gasteiger partial charge in [0.2, 0.25) is 5.91 Å². The highest BCUT2D eigenvalue weighted by Crippen LogP contribution is 2.47. The topological polar surface area (TPSA) is 103 Å². The third kappa shape index (κ3) is 6.44. The second-order valence-corrected chi connectivity index (χ2v) is 9.35. The number of aryl methyl sites for hydroxylation is 1.